The van der Waals surface area contributed by atoms with Crippen LogP contribution in [-0.4, -0.2) is 60.3 Å². The van der Waals surface area contributed by atoms with E-state index in [1.54, 1.807) is 0 Å². The van der Waals surface area contributed by atoms with E-state index in [0.29, 0.717) is 0 Å². The molecule has 0 aliphatic carbocycles. The van der Waals surface area contributed by atoms with Gasteiger partial charge in [-0.05, 0) is 0 Å². The normalized spacial score (nSPS) is 12.8. The Balaban J connectivity index is 3.88. The molecule has 0 aromatic heterocycles. The summed E-state index contributed by atoms with van der Waals surface area (Å²) in [5, 5.41) is -2.19. The first kappa shape index (κ1) is 21.2. The molecule has 6 nitrogen and oxygen atoms in total. The fraction of sp³-hybridized carbons (Fsp3) is 0.500. The molecule has 0 spiro atoms. The Morgan fingerprint density at radius 3 is 0.750 bits per heavy atom. The molecule has 1 aromatic carbocycles. The quantitative estimate of drug-likeness (QED) is 0.364. The lowest BCUT2D eigenvalue weighted by Gasteiger charge is -2.29. The summed E-state index contributed by atoms with van der Waals surface area (Å²) in [4.78, 5) is 0. The highest BCUT2D eigenvalue weighted by Gasteiger charge is 2.54. The fourth-order valence-corrected chi connectivity index (χ4v) is 6.02. The van der Waals surface area contributed by atoms with E-state index >= 15 is 0 Å². The molecule has 24 heavy (non-hydrogen) atoms. The maximum atomic E-state index is 14.6. The van der Waals surface area contributed by atoms with Crippen molar-refractivity contribution in [3.05, 3.63) is 23.3 Å². The van der Waals surface area contributed by atoms with Crippen LogP contribution in [0.15, 0.2) is 0 Å². The first-order chi connectivity index (χ1) is 11.3. The summed E-state index contributed by atoms with van der Waals surface area (Å²) in [7, 11) is -2.14. The van der Waals surface area contributed by atoms with Gasteiger partial charge in [-0.2, -0.15) is 0 Å². The SMILES string of the molecule is CO[Si](OC)(OC)c1c(F)c(F)c([Si](OC)(OC)OC)c(F)c1F. The van der Waals surface area contributed by atoms with Crippen LogP contribution in [-0.2, 0) is 26.6 Å². The van der Waals surface area contributed by atoms with Crippen molar-refractivity contribution in [3.8, 4) is 0 Å². The molecule has 0 fully saturated rings. The van der Waals surface area contributed by atoms with Gasteiger partial charge in [0.25, 0.3) is 0 Å². The molecule has 12 heteroatoms. The molecule has 0 aliphatic heterocycles. The van der Waals surface area contributed by atoms with E-state index in [1.165, 1.54) is 0 Å². The molecule has 0 heterocycles. The fourth-order valence-electron chi connectivity index (χ4n) is 2.28. The average molecular weight is 390 g/mol. The third-order valence-electron chi connectivity index (χ3n) is 3.49. The van der Waals surface area contributed by atoms with E-state index in [4.69, 9.17) is 26.6 Å². The van der Waals surface area contributed by atoms with Crippen LogP contribution in [0.3, 0.4) is 0 Å². The Labute approximate surface area is 138 Å². The van der Waals surface area contributed by atoms with E-state index in [1.807, 2.05) is 0 Å². The predicted octanol–water partition coefficient (Wildman–Crippen LogP) is 0.413. The van der Waals surface area contributed by atoms with E-state index in [9.17, 15) is 17.6 Å². The molecule has 0 amide bonds. The Morgan fingerprint density at radius 2 is 0.625 bits per heavy atom. The summed E-state index contributed by atoms with van der Waals surface area (Å²) in [5.74, 6) is -6.93. The topological polar surface area (TPSA) is 55.4 Å². The van der Waals surface area contributed by atoms with Crippen LogP contribution < -0.4 is 10.4 Å². The molecular formula is C12H18F4O6Si2. The van der Waals surface area contributed by atoms with Gasteiger partial charge in [-0.1, -0.05) is 0 Å². The number of halogens is 4. The minimum atomic E-state index is -4.20. The van der Waals surface area contributed by atoms with Crippen molar-refractivity contribution in [1.82, 2.24) is 0 Å². The molecule has 0 saturated heterocycles. The van der Waals surface area contributed by atoms with Crippen LogP contribution in [0.25, 0.3) is 0 Å². The molecular weight excluding hydrogens is 372 g/mol. The van der Waals surface area contributed by atoms with Crippen LogP contribution >= 0.6 is 0 Å². The van der Waals surface area contributed by atoms with Crippen molar-refractivity contribution in [2.75, 3.05) is 42.7 Å². The summed E-state index contributed by atoms with van der Waals surface area (Å²) >= 11 is 0. The second-order valence-electron chi connectivity index (χ2n) is 4.34. The van der Waals surface area contributed by atoms with E-state index in [0.717, 1.165) is 42.7 Å². The average Bonchev–Trinajstić information content (AvgIpc) is 2.61. The summed E-state index contributed by atoms with van der Waals surface area (Å²) in [6.07, 6.45) is 0. The van der Waals surface area contributed by atoms with Gasteiger partial charge in [-0.15, -0.1) is 0 Å². The predicted molar refractivity (Wildman–Crippen MR) is 79.1 cm³/mol. The van der Waals surface area contributed by atoms with Gasteiger partial charge in [0.05, 0.1) is 10.4 Å². The van der Waals surface area contributed by atoms with Crippen molar-refractivity contribution in [3.63, 3.8) is 0 Å². The molecule has 0 aliphatic rings. The molecule has 0 atom stereocenters. The highest BCUT2D eigenvalue weighted by molar-refractivity contribution is 6.77. The van der Waals surface area contributed by atoms with E-state index in [-0.39, 0.29) is 0 Å². The Hall–Kier alpha value is -0.866. The van der Waals surface area contributed by atoms with Crippen LogP contribution in [0.5, 0.6) is 0 Å². The second-order valence-corrected chi connectivity index (χ2v) is 10.0. The summed E-state index contributed by atoms with van der Waals surface area (Å²) in [6, 6.07) is 0. The van der Waals surface area contributed by atoms with Gasteiger partial charge in [-0.3, -0.25) is 0 Å². The first-order valence-corrected chi connectivity index (χ1v) is 9.88. The van der Waals surface area contributed by atoms with E-state index < -0.39 is 51.3 Å². The highest BCUT2D eigenvalue weighted by atomic mass is 28.4. The van der Waals surface area contributed by atoms with Crippen LogP contribution in [0.4, 0.5) is 17.6 Å². The molecule has 0 N–H and O–H groups in total. The number of hydrogen-bond acceptors (Lipinski definition) is 6. The van der Waals surface area contributed by atoms with Crippen molar-refractivity contribution in [1.29, 1.82) is 0 Å². The second kappa shape index (κ2) is 8.01. The third kappa shape index (κ3) is 3.03. The van der Waals surface area contributed by atoms with Gasteiger partial charge >= 0.3 is 17.6 Å². The zero-order chi connectivity index (χ0) is 18.7. The largest absolute Gasteiger partial charge is 0.542 e. The Morgan fingerprint density at radius 1 is 0.458 bits per heavy atom. The molecule has 1 rings (SSSR count). The Kier molecular flexibility index (Phi) is 7.07. The van der Waals surface area contributed by atoms with Gasteiger partial charge in [0.1, 0.15) is 0 Å². The Bertz CT molecular complexity index is 499. The number of benzene rings is 1. The molecule has 1 aromatic rings. The van der Waals surface area contributed by atoms with Crippen molar-refractivity contribution in [2.24, 2.45) is 0 Å². The molecule has 0 radical (unpaired) electrons. The van der Waals surface area contributed by atoms with E-state index in [2.05, 4.69) is 0 Å². The summed E-state index contributed by atoms with van der Waals surface area (Å²) in [6.45, 7) is 0. The maximum absolute atomic E-state index is 14.6. The lowest BCUT2D eigenvalue weighted by atomic mass is 10.3. The van der Waals surface area contributed by atoms with Crippen molar-refractivity contribution >= 4 is 28.0 Å². The molecule has 0 saturated carbocycles. The maximum Gasteiger partial charge on any atom is 0.542 e. The lowest BCUT2D eigenvalue weighted by molar-refractivity contribution is 0.135. The lowest BCUT2D eigenvalue weighted by Crippen LogP contribution is -2.62. The standard InChI is InChI=1S/C12H18F4O6Si2/c1-17-23(18-2,19-3)11-7(13)9(15)12(10(16)8(11)14)24(20-4,21-5)22-6/h1-6H3. The number of rotatable bonds is 8. The zero-order valence-corrected chi connectivity index (χ0v) is 16.0. The highest BCUT2D eigenvalue weighted by Crippen LogP contribution is 2.20. The zero-order valence-electron chi connectivity index (χ0n) is 14.0. The van der Waals surface area contributed by atoms with Gasteiger partial charge in [0.15, 0.2) is 23.3 Å². The van der Waals surface area contributed by atoms with Gasteiger partial charge in [0, 0.05) is 42.7 Å². The molecule has 0 unspecified atom stereocenters. The smallest absolute Gasteiger partial charge is 0.373 e. The van der Waals surface area contributed by atoms with Crippen LogP contribution in [0.1, 0.15) is 0 Å². The van der Waals surface area contributed by atoms with Crippen molar-refractivity contribution in [2.45, 2.75) is 0 Å². The summed E-state index contributed by atoms with van der Waals surface area (Å²) in [5.41, 5.74) is 0. The monoisotopic (exact) mass is 390 g/mol. The van der Waals surface area contributed by atoms with Crippen LogP contribution in [0, 0.1) is 23.3 Å². The van der Waals surface area contributed by atoms with Gasteiger partial charge < -0.3 is 26.6 Å². The molecule has 0 bridgehead atoms. The molecule has 138 valence electrons. The van der Waals surface area contributed by atoms with Gasteiger partial charge in [0.2, 0.25) is 0 Å². The van der Waals surface area contributed by atoms with Gasteiger partial charge in [-0.25, -0.2) is 17.6 Å². The van der Waals surface area contributed by atoms with Crippen molar-refractivity contribution < 1.29 is 44.1 Å². The van der Waals surface area contributed by atoms with Crippen LogP contribution in [0.2, 0.25) is 0 Å². The third-order valence-corrected chi connectivity index (χ3v) is 8.82. The minimum absolute atomic E-state index is 1.04. The first-order valence-electron chi connectivity index (χ1n) is 6.43. The minimum Gasteiger partial charge on any atom is -0.373 e. The number of hydrogen-bond donors (Lipinski definition) is 0. The summed E-state index contributed by atoms with van der Waals surface area (Å²) < 4.78 is 87.7.